The molecule has 0 radical (unpaired) electrons. The molecule has 2 heteroatoms. The molecule has 2 aromatic carbocycles. The summed E-state index contributed by atoms with van der Waals surface area (Å²) in [6.45, 7) is 11.6. The average molecular weight is 404 g/mol. The first-order chi connectivity index (χ1) is 14.8. The number of fused-ring (bicyclic) bond motifs is 2. The van der Waals surface area contributed by atoms with Crippen molar-refractivity contribution in [3.05, 3.63) is 77.0 Å². The minimum atomic E-state index is -2.00. The third-order valence-corrected chi connectivity index (χ3v) is 10.5. The summed E-state index contributed by atoms with van der Waals surface area (Å²) in [7, 11) is 0.0711. The zero-order chi connectivity index (χ0) is 23.6. The van der Waals surface area contributed by atoms with Crippen LogP contribution in [-0.2, 0) is 12.5 Å². The molecule has 0 bridgehead atoms. The standard InChI is InChI=1S/C27H34NSi/c1-18(2)20-14-16-23(28(6)17-20)25-19(3)13-15-22-26(25)29(7,8)24-12-10-9-11-21(24)27(22,4)5/h9-18H,1-8H3/q+1/i1D3. The van der Waals surface area contributed by atoms with Gasteiger partial charge < -0.3 is 0 Å². The first-order valence-electron chi connectivity index (χ1n) is 12.0. The first-order valence-corrected chi connectivity index (χ1v) is 13.5. The Balaban J connectivity index is 1.99. The minimum Gasteiger partial charge on any atom is -0.201 e. The number of rotatable bonds is 2. The van der Waals surface area contributed by atoms with Gasteiger partial charge in [0.05, 0.1) is 0 Å². The van der Waals surface area contributed by atoms with Crippen molar-refractivity contribution in [3.63, 3.8) is 0 Å². The molecule has 0 aliphatic carbocycles. The van der Waals surface area contributed by atoms with Gasteiger partial charge in [0.1, 0.15) is 15.1 Å². The number of pyridine rings is 1. The van der Waals surface area contributed by atoms with Crippen LogP contribution in [0.15, 0.2) is 54.7 Å². The summed E-state index contributed by atoms with van der Waals surface area (Å²) >= 11 is 0. The fourth-order valence-electron chi connectivity index (χ4n) is 5.20. The van der Waals surface area contributed by atoms with E-state index in [-0.39, 0.29) is 5.41 Å². The van der Waals surface area contributed by atoms with Gasteiger partial charge in [0.2, 0.25) is 5.69 Å². The summed E-state index contributed by atoms with van der Waals surface area (Å²) in [4.78, 5) is 0. The average Bonchev–Trinajstić information content (AvgIpc) is 2.71. The maximum atomic E-state index is 7.82. The lowest BCUT2D eigenvalue weighted by Gasteiger charge is -2.44. The van der Waals surface area contributed by atoms with E-state index >= 15 is 0 Å². The second-order valence-electron chi connectivity index (χ2n) is 9.66. The monoisotopic (exact) mass is 403 g/mol. The highest BCUT2D eigenvalue weighted by molar-refractivity contribution is 7.02. The topological polar surface area (TPSA) is 3.88 Å². The van der Waals surface area contributed by atoms with Gasteiger partial charge in [-0.05, 0) is 40.8 Å². The van der Waals surface area contributed by atoms with Gasteiger partial charge in [0.25, 0.3) is 0 Å². The molecule has 0 saturated heterocycles. The van der Waals surface area contributed by atoms with E-state index in [0.717, 1.165) is 11.3 Å². The van der Waals surface area contributed by atoms with E-state index in [1.807, 2.05) is 19.3 Å². The highest BCUT2D eigenvalue weighted by atomic mass is 28.3. The largest absolute Gasteiger partial charge is 0.212 e. The number of aryl methyl sites for hydroxylation is 2. The first kappa shape index (κ1) is 16.6. The number of nitrogens with zero attached hydrogens (tertiary/aromatic N) is 1. The molecule has 150 valence electrons. The zero-order valence-corrected chi connectivity index (χ0v) is 19.7. The maximum absolute atomic E-state index is 7.82. The predicted molar refractivity (Wildman–Crippen MR) is 127 cm³/mol. The molecule has 1 atom stereocenters. The molecule has 1 unspecified atom stereocenters. The van der Waals surface area contributed by atoms with Crippen molar-refractivity contribution in [2.24, 2.45) is 7.05 Å². The second kappa shape index (κ2) is 6.67. The van der Waals surface area contributed by atoms with Crippen LogP contribution in [0.1, 0.15) is 59.9 Å². The third-order valence-electron chi connectivity index (χ3n) is 6.90. The summed E-state index contributed by atoms with van der Waals surface area (Å²) in [5.74, 6) is -0.495. The van der Waals surface area contributed by atoms with E-state index in [1.54, 1.807) is 6.92 Å². The number of aromatic nitrogens is 1. The second-order valence-corrected chi connectivity index (χ2v) is 13.9. The molecular weight excluding hydrogens is 366 g/mol. The Morgan fingerprint density at radius 2 is 1.72 bits per heavy atom. The highest BCUT2D eigenvalue weighted by Crippen LogP contribution is 2.38. The Morgan fingerprint density at radius 1 is 1.00 bits per heavy atom. The lowest BCUT2D eigenvalue weighted by Crippen LogP contribution is -2.63. The van der Waals surface area contributed by atoms with E-state index in [0.29, 0.717) is 0 Å². The predicted octanol–water partition coefficient (Wildman–Crippen LogP) is 5.07. The Morgan fingerprint density at radius 3 is 2.41 bits per heavy atom. The fourth-order valence-corrected chi connectivity index (χ4v) is 9.08. The van der Waals surface area contributed by atoms with Gasteiger partial charge in [-0.3, -0.25) is 0 Å². The van der Waals surface area contributed by atoms with E-state index < -0.39 is 20.8 Å². The molecule has 1 nitrogen and oxygen atoms in total. The Kier molecular flexibility index (Phi) is 3.81. The minimum absolute atomic E-state index is 0.0643. The summed E-state index contributed by atoms with van der Waals surface area (Å²) in [5.41, 5.74) is 7.39. The van der Waals surface area contributed by atoms with Crippen LogP contribution in [-0.4, -0.2) is 8.07 Å². The lowest BCUT2D eigenvalue weighted by atomic mass is 9.76. The van der Waals surface area contributed by atoms with Crippen LogP contribution < -0.4 is 14.9 Å². The van der Waals surface area contributed by atoms with Crippen molar-refractivity contribution in [3.8, 4) is 11.3 Å². The molecule has 0 N–H and O–H groups in total. The van der Waals surface area contributed by atoms with Crippen molar-refractivity contribution in [1.82, 2.24) is 0 Å². The fraction of sp³-hybridized carbons (Fsp3) is 0.370. The van der Waals surface area contributed by atoms with E-state index in [9.17, 15) is 0 Å². The van der Waals surface area contributed by atoms with Gasteiger partial charge in [-0.25, -0.2) is 4.57 Å². The number of hydrogen-bond acceptors (Lipinski definition) is 0. The summed E-state index contributed by atoms with van der Waals surface area (Å²) < 4.78 is 25.6. The Bertz CT molecular complexity index is 1210. The molecule has 1 aliphatic rings. The SMILES string of the molecule is [2H]C([2H])([2H])C(C)c1ccc(-c2c(C)ccc3c2[Si](C)(C)c2ccccc2C3(C)C)[n+](C)c1. The molecule has 0 spiro atoms. The van der Waals surface area contributed by atoms with Gasteiger partial charge in [0, 0.05) is 26.7 Å². The van der Waals surface area contributed by atoms with Crippen LogP contribution in [0.25, 0.3) is 11.3 Å². The molecule has 0 saturated carbocycles. The maximum Gasteiger partial charge on any atom is 0.212 e. The van der Waals surface area contributed by atoms with Crippen molar-refractivity contribution in [2.45, 2.75) is 59.0 Å². The number of hydrogen-bond donors (Lipinski definition) is 0. The van der Waals surface area contributed by atoms with E-state index in [1.165, 1.54) is 32.6 Å². The summed E-state index contributed by atoms with van der Waals surface area (Å²) in [6, 6.07) is 17.7. The van der Waals surface area contributed by atoms with Gasteiger partial charge in [0.15, 0.2) is 6.20 Å². The van der Waals surface area contributed by atoms with Crippen molar-refractivity contribution < 1.29 is 8.68 Å². The Hall–Kier alpha value is -2.19. The molecular formula is C27H34NSi+. The normalized spacial score (nSPS) is 19.3. The van der Waals surface area contributed by atoms with Gasteiger partial charge >= 0.3 is 0 Å². The van der Waals surface area contributed by atoms with Gasteiger partial charge in [-0.2, -0.15) is 0 Å². The molecule has 29 heavy (non-hydrogen) atoms. The van der Waals surface area contributed by atoms with Crippen molar-refractivity contribution >= 4 is 18.4 Å². The van der Waals surface area contributed by atoms with Crippen LogP contribution in [0.5, 0.6) is 0 Å². The molecule has 4 rings (SSSR count). The molecule has 1 aliphatic heterocycles. The van der Waals surface area contributed by atoms with Crippen molar-refractivity contribution in [1.29, 1.82) is 0 Å². The summed E-state index contributed by atoms with van der Waals surface area (Å²) in [6.07, 6.45) is 2.00. The third kappa shape index (κ3) is 2.92. The molecule has 1 aromatic heterocycles. The van der Waals surface area contributed by atoms with Gasteiger partial charge in [-0.15, -0.1) is 0 Å². The van der Waals surface area contributed by atoms with Gasteiger partial charge in [-0.1, -0.05) is 82.3 Å². The van der Waals surface area contributed by atoms with Crippen LogP contribution in [0.4, 0.5) is 0 Å². The molecule has 3 aromatic rings. The van der Waals surface area contributed by atoms with Crippen LogP contribution in [0.2, 0.25) is 13.1 Å². The molecule has 2 heterocycles. The van der Waals surface area contributed by atoms with Crippen LogP contribution in [0, 0.1) is 6.92 Å². The van der Waals surface area contributed by atoms with Crippen LogP contribution >= 0.6 is 0 Å². The summed E-state index contributed by atoms with van der Waals surface area (Å²) in [5, 5.41) is 3.02. The van der Waals surface area contributed by atoms with Crippen molar-refractivity contribution in [2.75, 3.05) is 0 Å². The zero-order valence-electron chi connectivity index (χ0n) is 21.7. The lowest BCUT2D eigenvalue weighted by molar-refractivity contribution is -0.660. The Labute approximate surface area is 181 Å². The highest BCUT2D eigenvalue weighted by Gasteiger charge is 2.45. The molecule has 0 amide bonds. The quantitative estimate of drug-likeness (QED) is 0.415. The van der Waals surface area contributed by atoms with E-state index in [4.69, 9.17) is 4.11 Å². The van der Waals surface area contributed by atoms with Crippen LogP contribution in [0.3, 0.4) is 0 Å². The van der Waals surface area contributed by atoms with E-state index in [2.05, 4.69) is 80.9 Å². The smallest absolute Gasteiger partial charge is 0.201 e. The number of benzene rings is 2. The molecule has 0 fully saturated rings.